The minimum absolute atomic E-state index is 0.0185. The summed E-state index contributed by atoms with van der Waals surface area (Å²) in [5, 5.41) is 0. The third-order valence-corrected chi connectivity index (χ3v) is 1.63. The average Bonchev–Trinajstić information content (AvgIpc) is 1.64. The van der Waals surface area contributed by atoms with Crippen molar-refractivity contribution in [3.8, 4) is 0 Å². The summed E-state index contributed by atoms with van der Waals surface area (Å²) >= 11 is 9.87. The number of hydrogen-bond acceptors (Lipinski definition) is 2. The van der Waals surface area contributed by atoms with E-state index in [0.717, 1.165) is 0 Å². The van der Waals surface area contributed by atoms with Crippen LogP contribution in [0.2, 0.25) is 0 Å². The van der Waals surface area contributed by atoms with Gasteiger partial charge in [0.1, 0.15) is 5.78 Å². The van der Waals surface area contributed by atoms with Gasteiger partial charge in [-0.05, 0) is 13.8 Å². The second kappa shape index (κ2) is 3.15. The average molecular weight is 151 g/mol. The van der Waals surface area contributed by atoms with Crippen LogP contribution in [0, 0.1) is 5.92 Å². The summed E-state index contributed by atoms with van der Waals surface area (Å²) in [6, 6.07) is 0. The van der Waals surface area contributed by atoms with Gasteiger partial charge in [0.05, 0.1) is 10.2 Å². The molecule has 8 heavy (non-hydrogen) atoms. The van der Waals surface area contributed by atoms with Gasteiger partial charge in [-0.25, -0.2) is 0 Å². The first-order valence-corrected chi connectivity index (χ1v) is 3.04. The summed E-state index contributed by atoms with van der Waals surface area (Å²) in [5.41, 5.74) is 0. The van der Waals surface area contributed by atoms with Gasteiger partial charge < -0.3 is 0 Å². The molecule has 0 aromatic heterocycles. The van der Waals surface area contributed by atoms with Crippen molar-refractivity contribution in [3.05, 3.63) is 0 Å². The standard InChI is InChI=1S/C5H7ClOS/c1-3(4(2)7)5(6)8/h3H,1-2H3. The molecule has 0 amide bonds. The Balaban J connectivity index is 3.83. The monoisotopic (exact) mass is 150 g/mol. The summed E-state index contributed by atoms with van der Waals surface area (Å²) in [5.74, 6) is -0.253. The Morgan fingerprint density at radius 2 is 2.12 bits per heavy atom. The fraction of sp³-hybridized carbons (Fsp3) is 0.600. The number of carbonyl (C=O) groups excluding carboxylic acids is 1. The van der Waals surface area contributed by atoms with Crippen LogP contribution in [0.5, 0.6) is 0 Å². The van der Waals surface area contributed by atoms with Gasteiger partial charge in [-0.2, -0.15) is 0 Å². The lowest BCUT2D eigenvalue weighted by Gasteiger charge is -1.98. The van der Waals surface area contributed by atoms with Crippen LogP contribution in [-0.4, -0.2) is 10.1 Å². The zero-order valence-electron chi connectivity index (χ0n) is 4.77. The molecular weight excluding hydrogens is 144 g/mol. The van der Waals surface area contributed by atoms with E-state index in [2.05, 4.69) is 12.2 Å². The maximum atomic E-state index is 10.4. The van der Waals surface area contributed by atoms with Gasteiger partial charge in [-0.3, -0.25) is 4.79 Å². The fourth-order valence-electron chi connectivity index (χ4n) is 0.160. The molecule has 0 saturated heterocycles. The fourth-order valence-corrected chi connectivity index (χ4v) is 0.479. The quantitative estimate of drug-likeness (QED) is 0.441. The molecule has 0 spiro atoms. The number of hydrogen-bond donors (Lipinski definition) is 0. The van der Waals surface area contributed by atoms with Crippen molar-refractivity contribution < 1.29 is 4.79 Å². The van der Waals surface area contributed by atoms with E-state index in [-0.39, 0.29) is 16.0 Å². The van der Waals surface area contributed by atoms with Crippen LogP contribution in [0.1, 0.15) is 13.8 Å². The van der Waals surface area contributed by atoms with E-state index in [1.807, 2.05) is 0 Å². The summed E-state index contributed by atoms with van der Waals surface area (Å²) < 4.78 is 0.248. The van der Waals surface area contributed by atoms with Crippen molar-refractivity contribution in [1.82, 2.24) is 0 Å². The van der Waals surface area contributed by atoms with Gasteiger partial charge in [-0.1, -0.05) is 23.8 Å². The molecule has 0 aliphatic carbocycles. The SMILES string of the molecule is CC(=O)C(C)C(=S)Cl. The first-order valence-electron chi connectivity index (χ1n) is 2.25. The molecule has 46 valence electrons. The topological polar surface area (TPSA) is 17.1 Å². The van der Waals surface area contributed by atoms with Gasteiger partial charge in [-0.15, -0.1) is 0 Å². The minimum atomic E-state index is -0.272. The summed E-state index contributed by atoms with van der Waals surface area (Å²) in [6.45, 7) is 3.16. The summed E-state index contributed by atoms with van der Waals surface area (Å²) in [4.78, 5) is 10.4. The Labute approximate surface area is 59.0 Å². The highest BCUT2D eigenvalue weighted by molar-refractivity contribution is 7.83. The van der Waals surface area contributed by atoms with Crippen LogP contribution < -0.4 is 0 Å². The molecule has 0 rings (SSSR count). The highest BCUT2D eigenvalue weighted by Gasteiger charge is 2.09. The van der Waals surface area contributed by atoms with E-state index in [1.54, 1.807) is 6.92 Å². The summed E-state index contributed by atoms with van der Waals surface area (Å²) in [6.07, 6.45) is 0. The van der Waals surface area contributed by atoms with Gasteiger partial charge >= 0.3 is 0 Å². The zero-order chi connectivity index (χ0) is 6.73. The molecule has 0 N–H and O–H groups in total. The number of carbonyl (C=O) groups is 1. The van der Waals surface area contributed by atoms with Crippen molar-refractivity contribution in [3.63, 3.8) is 0 Å². The third kappa shape index (κ3) is 2.38. The number of ketones is 1. The van der Waals surface area contributed by atoms with E-state index >= 15 is 0 Å². The molecule has 3 heteroatoms. The molecule has 1 atom stereocenters. The highest BCUT2D eigenvalue weighted by Crippen LogP contribution is 2.03. The predicted octanol–water partition coefficient (Wildman–Crippen LogP) is 1.78. The van der Waals surface area contributed by atoms with Crippen LogP contribution in [0.25, 0.3) is 0 Å². The van der Waals surface area contributed by atoms with E-state index in [4.69, 9.17) is 11.6 Å². The Morgan fingerprint density at radius 1 is 1.75 bits per heavy atom. The van der Waals surface area contributed by atoms with Crippen molar-refractivity contribution in [2.75, 3.05) is 0 Å². The van der Waals surface area contributed by atoms with Crippen molar-refractivity contribution in [1.29, 1.82) is 0 Å². The van der Waals surface area contributed by atoms with Crippen LogP contribution in [0.15, 0.2) is 0 Å². The minimum Gasteiger partial charge on any atom is -0.299 e. The third-order valence-electron chi connectivity index (χ3n) is 0.950. The molecule has 0 aliphatic rings. The number of thiocarbonyl (C=S) groups is 1. The first-order chi connectivity index (χ1) is 3.55. The lowest BCUT2D eigenvalue weighted by molar-refractivity contribution is -0.118. The lowest BCUT2D eigenvalue weighted by Crippen LogP contribution is -2.11. The molecule has 1 nitrogen and oxygen atoms in total. The van der Waals surface area contributed by atoms with Gasteiger partial charge in [0.2, 0.25) is 0 Å². The Hall–Kier alpha value is 0.0500. The second-order valence-electron chi connectivity index (χ2n) is 1.64. The van der Waals surface area contributed by atoms with E-state index in [9.17, 15) is 4.79 Å². The van der Waals surface area contributed by atoms with E-state index in [0.29, 0.717) is 0 Å². The molecule has 0 aliphatic heterocycles. The normalized spacial score (nSPS) is 12.9. The first kappa shape index (κ1) is 8.05. The van der Waals surface area contributed by atoms with Crippen molar-refractivity contribution in [2.24, 2.45) is 5.92 Å². The number of rotatable bonds is 2. The second-order valence-corrected chi connectivity index (χ2v) is 2.71. The Morgan fingerprint density at radius 3 is 2.12 bits per heavy atom. The molecule has 0 aromatic carbocycles. The molecule has 1 unspecified atom stereocenters. The maximum Gasteiger partial charge on any atom is 0.138 e. The highest BCUT2D eigenvalue weighted by atomic mass is 35.5. The Kier molecular flexibility index (Phi) is 3.17. The van der Waals surface area contributed by atoms with Crippen LogP contribution in [0.4, 0.5) is 0 Å². The van der Waals surface area contributed by atoms with Crippen molar-refractivity contribution >= 4 is 33.9 Å². The number of Topliss-reactive ketones (excluding diaryl/α,β-unsaturated/α-hetero) is 1. The van der Waals surface area contributed by atoms with E-state index < -0.39 is 0 Å². The van der Waals surface area contributed by atoms with Crippen LogP contribution in [0.3, 0.4) is 0 Å². The van der Waals surface area contributed by atoms with Gasteiger partial charge in [0.25, 0.3) is 0 Å². The predicted molar refractivity (Wildman–Crippen MR) is 38.3 cm³/mol. The maximum absolute atomic E-state index is 10.4. The number of halogens is 1. The van der Waals surface area contributed by atoms with Crippen molar-refractivity contribution in [2.45, 2.75) is 13.8 Å². The van der Waals surface area contributed by atoms with Gasteiger partial charge in [0.15, 0.2) is 0 Å². The molecule has 0 bridgehead atoms. The summed E-state index contributed by atoms with van der Waals surface area (Å²) in [7, 11) is 0. The van der Waals surface area contributed by atoms with Crippen LogP contribution in [-0.2, 0) is 4.79 Å². The molecule has 0 aromatic rings. The Bertz CT molecular complexity index is 108. The smallest absolute Gasteiger partial charge is 0.138 e. The van der Waals surface area contributed by atoms with Crippen LogP contribution >= 0.6 is 23.8 Å². The molecule has 0 saturated carbocycles. The zero-order valence-corrected chi connectivity index (χ0v) is 6.34. The lowest BCUT2D eigenvalue weighted by atomic mass is 10.1. The van der Waals surface area contributed by atoms with Gasteiger partial charge in [0, 0.05) is 0 Å². The van der Waals surface area contributed by atoms with E-state index in [1.165, 1.54) is 6.92 Å². The molecule has 0 heterocycles. The largest absolute Gasteiger partial charge is 0.299 e. The molecular formula is C5H7ClOS. The molecule has 0 fully saturated rings. The molecule has 0 radical (unpaired) electrons.